The van der Waals surface area contributed by atoms with Gasteiger partial charge >= 0.3 is 0 Å². The minimum absolute atomic E-state index is 0.295. The Bertz CT molecular complexity index is 793. The molecule has 2 N–H and O–H groups in total. The number of nitrogens with one attached hydrogen (secondary N) is 2. The van der Waals surface area contributed by atoms with E-state index in [1.165, 1.54) is 0 Å². The standard InChI is InChI=1S/C19H18Cl2N2O2/c1-11-3-4-12(2)15(9-11)22-17(24)19(7-8-19)18(25)23-16-10-13(20)5-6-14(16)21/h3-6,9-10H,7-8H2,1-2H3,(H,22,24)(H,23,25). The fourth-order valence-corrected chi connectivity index (χ4v) is 2.97. The highest BCUT2D eigenvalue weighted by atomic mass is 35.5. The topological polar surface area (TPSA) is 58.2 Å². The monoisotopic (exact) mass is 376 g/mol. The Morgan fingerprint density at radius 1 is 0.920 bits per heavy atom. The Kier molecular flexibility index (Phi) is 4.76. The van der Waals surface area contributed by atoms with E-state index < -0.39 is 5.41 Å². The second-order valence-corrected chi connectivity index (χ2v) is 7.28. The molecule has 2 aromatic carbocycles. The first-order valence-electron chi connectivity index (χ1n) is 7.97. The molecule has 0 spiro atoms. The maximum absolute atomic E-state index is 12.7. The summed E-state index contributed by atoms with van der Waals surface area (Å²) in [5, 5.41) is 6.46. The van der Waals surface area contributed by atoms with Crippen LogP contribution in [0.25, 0.3) is 0 Å². The summed E-state index contributed by atoms with van der Waals surface area (Å²) in [5.41, 5.74) is 2.07. The van der Waals surface area contributed by atoms with Crippen LogP contribution < -0.4 is 10.6 Å². The van der Waals surface area contributed by atoms with E-state index >= 15 is 0 Å². The highest BCUT2D eigenvalue weighted by Gasteiger charge is 2.56. The van der Waals surface area contributed by atoms with E-state index in [-0.39, 0.29) is 11.8 Å². The van der Waals surface area contributed by atoms with E-state index in [9.17, 15) is 9.59 Å². The molecule has 0 saturated heterocycles. The van der Waals surface area contributed by atoms with Crippen LogP contribution in [-0.2, 0) is 9.59 Å². The number of rotatable bonds is 4. The number of anilines is 2. The maximum Gasteiger partial charge on any atom is 0.240 e. The van der Waals surface area contributed by atoms with Crippen LogP contribution in [0.15, 0.2) is 36.4 Å². The van der Waals surface area contributed by atoms with Crippen molar-refractivity contribution >= 4 is 46.4 Å². The van der Waals surface area contributed by atoms with Crippen molar-refractivity contribution < 1.29 is 9.59 Å². The molecule has 130 valence electrons. The third-order valence-corrected chi connectivity index (χ3v) is 5.00. The SMILES string of the molecule is Cc1ccc(C)c(NC(=O)C2(C(=O)Nc3cc(Cl)ccc3Cl)CC2)c1. The van der Waals surface area contributed by atoms with Crippen molar-refractivity contribution in [3.8, 4) is 0 Å². The summed E-state index contributed by atoms with van der Waals surface area (Å²) in [7, 11) is 0. The Morgan fingerprint density at radius 2 is 1.56 bits per heavy atom. The molecular formula is C19H18Cl2N2O2. The lowest BCUT2D eigenvalue weighted by molar-refractivity contribution is -0.131. The van der Waals surface area contributed by atoms with Gasteiger partial charge < -0.3 is 10.6 Å². The van der Waals surface area contributed by atoms with E-state index in [2.05, 4.69) is 10.6 Å². The van der Waals surface area contributed by atoms with Crippen molar-refractivity contribution in [1.82, 2.24) is 0 Å². The zero-order chi connectivity index (χ0) is 18.2. The number of halogens is 2. The molecule has 0 radical (unpaired) electrons. The molecule has 0 heterocycles. The lowest BCUT2D eigenvalue weighted by Crippen LogP contribution is -2.35. The van der Waals surface area contributed by atoms with Crippen LogP contribution in [0.3, 0.4) is 0 Å². The Hall–Kier alpha value is -2.04. The summed E-state index contributed by atoms with van der Waals surface area (Å²) in [6.07, 6.45) is 1.02. The molecule has 1 fully saturated rings. The fraction of sp³-hybridized carbons (Fsp3) is 0.263. The number of carbonyl (C=O) groups excluding carboxylic acids is 2. The number of aryl methyl sites for hydroxylation is 2. The number of benzene rings is 2. The van der Waals surface area contributed by atoms with Gasteiger partial charge in [-0.3, -0.25) is 9.59 Å². The molecule has 1 aliphatic carbocycles. The van der Waals surface area contributed by atoms with Gasteiger partial charge in [0.15, 0.2) is 0 Å². The molecule has 3 rings (SSSR count). The van der Waals surface area contributed by atoms with Crippen LogP contribution in [0.4, 0.5) is 11.4 Å². The molecule has 2 amide bonds. The van der Waals surface area contributed by atoms with Crippen LogP contribution in [0.2, 0.25) is 10.0 Å². The van der Waals surface area contributed by atoms with Gasteiger partial charge in [0.2, 0.25) is 11.8 Å². The summed E-state index contributed by atoms with van der Waals surface area (Å²) < 4.78 is 0. The average molecular weight is 377 g/mol. The second kappa shape index (κ2) is 6.70. The largest absolute Gasteiger partial charge is 0.325 e. The molecule has 0 atom stereocenters. The van der Waals surface area contributed by atoms with Gasteiger partial charge in [-0.25, -0.2) is 0 Å². The number of hydrogen-bond donors (Lipinski definition) is 2. The van der Waals surface area contributed by atoms with Gasteiger partial charge in [-0.2, -0.15) is 0 Å². The van der Waals surface area contributed by atoms with Gasteiger partial charge in [-0.15, -0.1) is 0 Å². The zero-order valence-corrected chi connectivity index (χ0v) is 15.5. The third kappa shape index (κ3) is 3.65. The van der Waals surface area contributed by atoms with Crippen molar-refractivity contribution in [3.05, 3.63) is 57.6 Å². The van der Waals surface area contributed by atoms with Gasteiger partial charge in [0.1, 0.15) is 5.41 Å². The summed E-state index contributed by atoms with van der Waals surface area (Å²) in [5.74, 6) is -0.656. The molecule has 1 aliphatic rings. The van der Waals surface area contributed by atoms with Gasteiger partial charge in [0, 0.05) is 10.7 Å². The lowest BCUT2D eigenvalue weighted by Gasteiger charge is -2.17. The molecule has 0 aliphatic heterocycles. The van der Waals surface area contributed by atoms with Crippen LogP contribution in [0, 0.1) is 19.3 Å². The second-order valence-electron chi connectivity index (χ2n) is 6.43. The molecular weight excluding hydrogens is 359 g/mol. The normalized spacial score (nSPS) is 14.7. The van der Waals surface area contributed by atoms with E-state index in [1.807, 2.05) is 32.0 Å². The highest BCUT2D eigenvalue weighted by molar-refractivity contribution is 6.36. The van der Waals surface area contributed by atoms with Crippen molar-refractivity contribution in [2.75, 3.05) is 10.6 Å². The summed E-state index contributed by atoms with van der Waals surface area (Å²) in [6, 6.07) is 10.6. The Labute approximate surface area is 156 Å². The van der Waals surface area contributed by atoms with E-state index in [1.54, 1.807) is 18.2 Å². The smallest absolute Gasteiger partial charge is 0.240 e. The first-order valence-corrected chi connectivity index (χ1v) is 8.73. The predicted molar refractivity (Wildman–Crippen MR) is 101 cm³/mol. The quantitative estimate of drug-likeness (QED) is 0.740. The molecule has 25 heavy (non-hydrogen) atoms. The Balaban J connectivity index is 1.77. The summed E-state index contributed by atoms with van der Waals surface area (Å²) in [6.45, 7) is 3.87. The number of amides is 2. The van der Waals surface area contributed by atoms with Gasteiger partial charge in [-0.05, 0) is 62.1 Å². The molecule has 6 heteroatoms. The fourth-order valence-electron chi connectivity index (χ4n) is 2.63. The van der Waals surface area contributed by atoms with Gasteiger partial charge in [0.25, 0.3) is 0 Å². The predicted octanol–water partition coefficient (Wildman–Crippen LogP) is 4.97. The number of hydrogen-bond acceptors (Lipinski definition) is 2. The molecule has 0 bridgehead atoms. The van der Waals surface area contributed by atoms with E-state index in [0.717, 1.165) is 16.8 Å². The third-order valence-electron chi connectivity index (χ3n) is 4.44. The van der Waals surface area contributed by atoms with Crippen molar-refractivity contribution in [3.63, 3.8) is 0 Å². The summed E-state index contributed by atoms with van der Waals surface area (Å²) >= 11 is 12.0. The van der Waals surface area contributed by atoms with Crippen LogP contribution in [0.5, 0.6) is 0 Å². The maximum atomic E-state index is 12.7. The van der Waals surface area contributed by atoms with E-state index in [0.29, 0.717) is 28.6 Å². The molecule has 2 aromatic rings. The van der Waals surface area contributed by atoms with Gasteiger partial charge in [0.05, 0.1) is 10.7 Å². The minimum atomic E-state index is -1.05. The van der Waals surface area contributed by atoms with Crippen LogP contribution in [-0.4, -0.2) is 11.8 Å². The van der Waals surface area contributed by atoms with Crippen LogP contribution >= 0.6 is 23.2 Å². The van der Waals surface area contributed by atoms with Crippen molar-refractivity contribution in [2.24, 2.45) is 5.41 Å². The molecule has 0 aromatic heterocycles. The highest BCUT2D eigenvalue weighted by Crippen LogP contribution is 2.48. The first kappa shape index (κ1) is 17.8. The van der Waals surface area contributed by atoms with Crippen LogP contribution in [0.1, 0.15) is 24.0 Å². The zero-order valence-electron chi connectivity index (χ0n) is 14.0. The van der Waals surface area contributed by atoms with Crippen molar-refractivity contribution in [1.29, 1.82) is 0 Å². The lowest BCUT2D eigenvalue weighted by atomic mass is 10.0. The first-order chi connectivity index (χ1) is 11.8. The summed E-state index contributed by atoms with van der Waals surface area (Å²) in [4.78, 5) is 25.4. The molecule has 0 unspecified atom stereocenters. The minimum Gasteiger partial charge on any atom is -0.325 e. The Morgan fingerprint density at radius 3 is 2.20 bits per heavy atom. The van der Waals surface area contributed by atoms with Crippen molar-refractivity contribution in [2.45, 2.75) is 26.7 Å². The van der Waals surface area contributed by atoms with Gasteiger partial charge in [-0.1, -0.05) is 35.3 Å². The molecule has 1 saturated carbocycles. The molecule has 4 nitrogen and oxygen atoms in total. The average Bonchev–Trinajstić information content (AvgIpc) is 3.36. The van der Waals surface area contributed by atoms with E-state index in [4.69, 9.17) is 23.2 Å². The number of carbonyl (C=O) groups is 2.